The van der Waals surface area contributed by atoms with Gasteiger partial charge in [0, 0.05) is 17.6 Å². The predicted molar refractivity (Wildman–Crippen MR) is 102 cm³/mol. The molecule has 7 heteroatoms. The zero-order valence-corrected chi connectivity index (χ0v) is 15.4. The maximum atomic E-state index is 13.6. The van der Waals surface area contributed by atoms with Crippen LogP contribution in [-0.2, 0) is 9.59 Å². The van der Waals surface area contributed by atoms with Gasteiger partial charge >= 0.3 is 0 Å². The van der Waals surface area contributed by atoms with Crippen LogP contribution >= 0.6 is 11.6 Å². The lowest BCUT2D eigenvalue weighted by Gasteiger charge is -2.18. The van der Waals surface area contributed by atoms with Gasteiger partial charge in [-0.25, -0.2) is 4.39 Å². The summed E-state index contributed by atoms with van der Waals surface area (Å²) in [5.74, 6) is -1.10. The lowest BCUT2D eigenvalue weighted by Crippen LogP contribution is -2.33. The summed E-state index contributed by atoms with van der Waals surface area (Å²) in [5, 5.41) is 8.91. The van der Waals surface area contributed by atoms with Crippen molar-refractivity contribution in [3.63, 3.8) is 0 Å². The molecule has 1 atom stereocenters. The topological polar surface area (TPSA) is 70.2 Å². The second-order valence-electron chi connectivity index (χ2n) is 5.81. The number of amides is 2. The monoisotopic (exact) mass is 377 g/mol. The van der Waals surface area contributed by atoms with Crippen LogP contribution in [0.1, 0.15) is 31.9 Å². The van der Waals surface area contributed by atoms with Crippen molar-refractivity contribution in [1.29, 1.82) is 0 Å². The van der Waals surface area contributed by atoms with Crippen molar-refractivity contribution in [3.05, 3.63) is 58.9 Å². The normalized spacial score (nSPS) is 11.5. The van der Waals surface area contributed by atoms with Crippen LogP contribution in [0.25, 0.3) is 0 Å². The predicted octanol–water partition coefficient (Wildman–Crippen LogP) is 4.12. The van der Waals surface area contributed by atoms with E-state index in [1.54, 1.807) is 12.1 Å². The first-order valence-electron chi connectivity index (χ1n) is 8.25. The fraction of sp³-hybridized carbons (Fsp3) is 0.263. The average molecular weight is 378 g/mol. The van der Waals surface area contributed by atoms with Crippen molar-refractivity contribution in [3.8, 4) is 0 Å². The van der Waals surface area contributed by atoms with Gasteiger partial charge in [-0.05, 0) is 42.3 Å². The largest absolute Gasteiger partial charge is 0.376 e. The molecule has 26 heavy (non-hydrogen) atoms. The molecule has 5 nitrogen and oxygen atoms in total. The zero-order valence-electron chi connectivity index (χ0n) is 14.6. The summed E-state index contributed by atoms with van der Waals surface area (Å²) in [6.45, 7) is 3.30. The second kappa shape index (κ2) is 9.20. The third-order valence-corrected chi connectivity index (χ3v) is 4.00. The van der Waals surface area contributed by atoms with Crippen molar-refractivity contribution in [2.75, 3.05) is 17.2 Å². The number of carbonyl (C=O) groups excluding carboxylic acids is 2. The van der Waals surface area contributed by atoms with Crippen LogP contribution in [0.3, 0.4) is 0 Å². The molecule has 0 aliphatic heterocycles. The summed E-state index contributed by atoms with van der Waals surface area (Å²) < 4.78 is 13.6. The molecule has 0 saturated heterocycles. The Kier molecular flexibility index (Phi) is 6.97. The molecule has 0 heterocycles. The van der Waals surface area contributed by atoms with Gasteiger partial charge in [0.1, 0.15) is 5.82 Å². The van der Waals surface area contributed by atoms with Gasteiger partial charge in [0.15, 0.2) is 0 Å². The van der Waals surface area contributed by atoms with Gasteiger partial charge in [-0.1, -0.05) is 30.7 Å². The molecular weight excluding hydrogens is 357 g/mol. The highest BCUT2D eigenvalue weighted by Crippen LogP contribution is 2.20. The van der Waals surface area contributed by atoms with E-state index in [9.17, 15) is 14.0 Å². The van der Waals surface area contributed by atoms with E-state index in [0.717, 1.165) is 12.0 Å². The molecule has 0 bridgehead atoms. The first-order chi connectivity index (χ1) is 12.4. The summed E-state index contributed by atoms with van der Waals surface area (Å²) in [6, 6.07) is 11.4. The van der Waals surface area contributed by atoms with Gasteiger partial charge in [0.2, 0.25) is 11.8 Å². The summed E-state index contributed by atoms with van der Waals surface area (Å²) in [7, 11) is 0. The minimum absolute atomic E-state index is 0.0230. The van der Waals surface area contributed by atoms with Crippen molar-refractivity contribution in [2.45, 2.75) is 26.3 Å². The van der Waals surface area contributed by atoms with E-state index in [4.69, 9.17) is 11.6 Å². The smallest absolute Gasteiger partial charge is 0.239 e. The number of carbonyl (C=O) groups is 2. The Hall–Kier alpha value is -2.60. The van der Waals surface area contributed by atoms with Gasteiger partial charge in [0.05, 0.1) is 18.3 Å². The Morgan fingerprint density at radius 2 is 1.85 bits per heavy atom. The van der Waals surface area contributed by atoms with Crippen LogP contribution in [-0.4, -0.2) is 18.4 Å². The quantitative estimate of drug-likeness (QED) is 0.679. The van der Waals surface area contributed by atoms with Crippen LogP contribution in [0.2, 0.25) is 5.02 Å². The minimum Gasteiger partial charge on any atom is -0.376 e. The van der Waals surface area contributed by atoms with E-state index in [1.165, 1.54) is 25.1 Å². The molecular formula is C19H21ClFN3O2. The van der Waals surface area contributed by atoms with E-state index >= 15 is 0 Å². The Balaban J connectivity index is 1.95. The summed E-state index contributed by atoms with van der Waals surface area (Å²) >= 11 is 5.89. The van der Waals surface area contributed by atoms with Gasteiger partial charge in [0.25, 0.3) is 0 Å². The van der Waals surface area contributed by atoms with Gasteiger partial charge < -0.3 is 16.0 Å². The van der Waals surface area contributed by atoms with Crippen molar-refractivity contribution in [2.24, 2.45) is 0 Å². The van der Waals surface area contributed by atoms with Crippen LogP contribution < -0.4 is 16.0 Å². The van der Waals surface area contributed by atoms with Crippen molar-refractivity contribution >= 4 is 34.8 Å². The van der Waals surface area contributed by atoms with Crippen molar-refractivity contribution < 1.29 is 14.0 Å². The highest BCUT2D eigenvalue weighted by Gasteiger charge is 2.13. The van der Waals surface area contributed by atoms with Gasteiger partial charge in [-0.2, -0.15) is 0 Å². The lowest BCUT2D eigenvalue weighted by molar-refractivity contribution is -0.120. The molecule has 2 amide bonds. The first-order valence-corrected chi connectivity index (χ1v) is 8.62. The molecule has 0 fully saturated rings. The molecule has 0 aromatic heterocycles. The molecule has 0 aliphatic carbocycles. The molecule has 2 aromatic carbocycles. The molecule has 2 aromatic rings. The highest BCUT2D eigenvalue weighted by molar-refractivity contribution is 6.30. The third kappa shape index (κ3) is 5.74. The molecule has 3 N–H and O–H groups in total. The summed E-state index contributed by atoms with van der Waals surface area (Å²) in [4.78, 5) is 23.3. The molecule has 0 aliphatic rings. The van der Waals surface area contributed by atoms with E-state index < -0.39 is 5.82 Å². The third-order valence-electron chi connectivity index (χ3n) is 3.75. The van der Waals surface area contributed by atoms with E-state index in [0.29, 0.717) is 10.7 Å². The standard InChI is InChI=1S/C19H21ClFN3O2/c1-3-17(13-4-6-14(20)7-5-13)24-19(26)11-22-15-8-9-16(21)18(10-15)23-12(2)25/h4-10,17,22H,3,11H2,1-2H3,(H,23,25)(H,24,26)/t17-/m1/s1. The number of halogens is 2. The number of rotatable bonds is 7. The SMILES string of the molecule is CC[C@@H](NC(=O)CNc1ccc(F)c(NC(C)=O)c1)c1ccc(Cl)cc1. The second-order valence-corrected chi connectivity index (χ2v) is 6.25. The van der Waals surface area contributed by atoms with Crippen LogP contribution in [0, 0.1) is 5.82 Å². The van der Waals surface area contributed by atoms with E-state index in [1.807, 2.05) is 19.1 Å². The molecule has 0 unspecified atom stereocenters. The van der Waals surface area contributed by atoms with Gasteiger partial charge in [-0.3, -0.25) is 9.59 Å². The fourth-order valence-electron chi connectivity index (χ4n) is 2.46. The van der Waals surface area contributed by atoms with E-state index in [2.05, 4.69) is 16.0 Å². The fourth-order valence-corrected chi connectivity index (χ4v) is 2.59. The molecule has 138 valence electrons. The molecule has 0 saturated carbocycles. The number of nitrogens with one attached hydrogen (secondary N) is 3. The van der Waals surface area contributed by atoms with Crippen molar-refractivity contribution in [1.82, 2.24) is 5.32 Å². The van der Waals surface area contributed by atoms with Crippen LogP contribution in [0.5, 0.6) is 0 Å². The summed E-state index contributed by atoms with van der Waals surface area (Å²) in [5.41, 5.74) is 1.57. The Labute approximate surface area is 156 Å². The maximum Gasteiger partial charge on any atom is 0.239 e. The highest BCUT2D eigenvalue weighted by atomic mass is 35.5. The van der Waals surface area contributed by atoms with Crippen LogP contribution in [0.15, 0.2) is 42.5 Å². The average Bonchev–Trinajstić information content (AvgIpc) is 2.61. The lowest BCUT2D eigenvalue weighted by atomic mass is 10.0. The maximum absolute atomic E-state index is 13.6. The Bertz CT molecular complexity index is 781. The minimum atomic E-state index is -0.538. The first kappa shape index (κ1) is 19.7. The van der Waals surface area contributed by atoms with Gasteiger partial charge in [-0.15, -0.1) is 0 Å². The summed E-state index contributed by atoms with van der Waals surface area (Å²) in [6.07, 6.45) is 0.733. The van der Waals surface area contributed by atoms with E-state index in [-0.39, 0.29) is 30.1 Å². The van der Waals surface area contributed by atoms with Crippen LogP contribution in [0.4, 0.5) is 15.8 Å². The Morgan fingerprint density at radius 3 is 2.46 bits per heavy atom. The molecule has 0 spiro atoms. The number of benzene rings is 2. The molecule has 0 radical (unpaired) electrons. The number of hydrogen-bond acceptors (Lipinski definition) is 3. The molecule has 2 rings (SSSR count). The number of anilines is 2. The zero-order chi connectivity index (χ0) is 19.1. The Morgan fingerprint density at radius 1 is 1.15 bits per heavy atom. The number of hydrogen-bond donors (Lipinski definition) is 3.